The maximum absolute atomic E-state index is 8.76. The first-order valence-electron chi connectivity index (χ1n) is 4.66. The molecule has 0 spiro atoms. The van der Waals surface area contributed by atoms with Gasteiger partial charge in [-0.3, -0.25) is 0 Å². The van der Waals surface area contributed by atoms with Gasteiger partial charge in [0.05, 0.1) is 18.9 Å². The lowest BCUT2D eigenvalue weighted by atomic mass is 10.2. The molecule has 1 aliphatic heterocycles. The number of allylic oxidation sites excluding steroid dienone is 2. The third kappa shape index (κ3) is 1.67. The number of rotatable bonds is 1. The summed E-state index contributed by atoms with van der Waals surface area (Å²) in [6.07, 6.45) is 4.00. The van der Waals surface area contributed by atoms with Gasteiger partial charge in [0.15, 0.2) is 0 Å². The molecule has 1 N–H and O–H groups in total. The molecule has 0 aromatic heterocycles. The van der Waals surface area contributed by atoms with E-state index in [4.69, 9.17) is 9.94 Å². The summed E-state index contributed by atoms with van der Waals surface area (Å²) in [5.74, 6) is 0. The fourth-order valence-corrected chi connectivity index (χ4v) is 1.81. The van der Waals surface area contributed by atoms with Crippen LogP contribution in [0.1, 0.15) is 12.8 Å². The van der Waals surface area contributed by atoms with Crippen molar-refractivity contribution in [2.75, 3.05) is 26.3 Å². The Bertz CT molecular complexity index is 242. The van der Waals surface area contributed by atoms with Crippen molar-refractivity contribution in [2.45, 2.75) is 12.8 Å². The quantitative estimate of drug-likeness (QED) is 0.482. The molecule has 0 saturated carbocycles. The van der Waals surface area contributed by atoms with Crippen molar-refractivity contribution in [1.82, 2.24) is 4.90 Å². The molecule has 1 aliphatic carbocycles. The molecule has 4 nitrogen and oxygen atoms in total. The van der Waals surface area contributed by atoms with Crippen molar-refractivity contribution in [3.63, 3.8) is 0 Å². The lowest BCUT2D eigenvalue weighted by molar-refractivity contribution is 0.0563. The highest BCUT2D eigenvalue weighted by Crippen LogP contribution is 2.20. The molecule has 0 radical (unpaired) electrons. The summed E-state index contributed by atoms with van der Waals surface area (Å²) in [7, 11) is 0. The van der Waals surface area contributed by atoms with Gasteiger partial charge in [-0.05, 0) is 12.8 Å². The average molecular weight is 182 g/mol. The summed E-state index contributed by atoms with van der Waals surface area (Å²) in [6, 6.07) is 0. The van der Waals surface area contributed by atoms with Gasteiger partial charge in [-0.15, -0.1) is 0 Å². The third-order valence-electron chi connectivity index (χ3n) is 2.49. The second-order valence-electron chi connectivity index (χ2n) is 3.27. The normalized spacial score (nSPS) is 26.6. The fraction of sp³-hybridized carbons (Fsp3) is 0.667. The largest absolute Gasteiger partial charge is 0.411 e. The lowest BCUT2D eigenvalue weighted by Gasteiger charge is -2.29. The summed E-state index contributed by atoms with van der Waals surface area (Å²) in [5.41, 5.74) is 1.92. The zero-order valence-electron chi connectivity index (χ0n) is 7.57. The van der Waals surface area contributed by atoms with Crippen LogP contribution in [-0.2, 0) is 4.74 Å². The molecule has 2 aliphatic rings. The van der Waals surface area contributed by atoms with Crippen LogP contribution in [0.4, 0.5) is 0 Å². The molecule has 0 aromatic rings. The zero-order chi connectivity index (χ0) is 9.10. The van der Waals surface area contributed by atoms with E-state index in [1.807, 2.05) is 0 Å². The van der Waals surface area contributed by atoms with E-state index in [0.717, 1.165) is 50.6 Å². The van der Waals surface area contributed by atoms with Gasteiger partial charge < -0.3 is 14.8 Å². The van der Waals surface area contributed by atoms with Gasteiger partial charge in [-0.25, -0.2) is 0 Å². The maximum Gasteiger partial charge on any atom is 0.103 e. The fourth-order valence-electron chi connectivity index (χ4n) is 1.81. The molecule has 0 amide bonds. The predicted molar refractivity (Wildman–Crippen MR) is 48.9 cm³/mol. The Hall–Kier alpha value is -1.03. The van der Waals surface area contributed by atoms with Crippen molar-refractivity contribution in [3.8, 4) is 0 Å². The van der Waals surface area contributed by atoms with E-state index in [1.165, 1.54) is 0 Å². The van der Waals surface area contributed by atoms with Gasteiger partial charge in [0.1, 0.15) is 5.71 Å². The van der Waals surface area contributed by atoms with Crippen LogP contribution >= 0.6 is 0 Å². The van der Waals surface area contributed by atoms with E-state index in [-0.39, 0.29) is 0 Å². The Balaban J connectivity index is 2.06. The maximum atomic E-state index is 8.76. The van der Waals surface area contributed by atoms with Gasteiger partial charge in [0.25, 0.3) is 0 Å². The minimum Gasteiger partial charge on any atom is -0.411 e. The molecule has 4 heteroatoms. The van der Waals surface area contributed by atoms with E-state index in [1.54, 1.807) is 0 Å². The number of ether oxygens (including phenoxy) is 1. The highest BCUT2D eigenvalue weighted by molar-refractivity contribution is 6.01. The van der Waals surface area contributed by atoms with Crippen LogP contribution in [0.2, 0.25) is 0 Å². The summed E-state index contributed by atoms with van der Waals surface area (Å²) in [4.78, 5) is 2.23. The van der Waals surface area contributed by atoms with Crippen LogP contribution in [-0.4, -0.2) is 42.1 Å². The molecule has 0 aromatic carbocycles. The molecule has 1 heterocycles. The summed E-state index contributed by atoms with van der Waals surface area (Å²) >= 11 is 0. The van der Waals surface area contributed by atoms with Crippen molar-refractivity contribution < 1.29 is 9.94 Å². The highest BCUT2D eigenvalue weighted by atomic mass is 16.5. The monoisotopic (exact) mass is 182 g/mol. The number of nitrogens with zero attached hydrogens (tertiary/aromatic N) is 2. The average Bonchev–Trinajstić information content (AvgIpc) is 2.67. The standard InChI is InChI=1S/C9H14N2O2/c12-10-8-2-1-3-9(8)11-4-6-13-7-5-11/h3,12H,1-2,4-7H2/b10-8+. The van der Waals surface area contributed by atoms with E-state index in [9.17, 15) is 0 Å². The van der Waals surface area contributed by atoms with Crippen LogP contribution < -0.4 is 0 Å². The third-order valence-corrected chi connectivity index (χ3v) is 2.49. The summed E-state index contributed by atoms with van der Waals surface area (Å²) in [6.45, 7) is 3.36. The number of morpholine rings is 1. The molecule has 72 valence electrons. The van der Waals surface area contributed by atoms with Gasteiger partial charge >= 0.3 is 0 Å². The Morgan fingerprint density at radius 2 is 2.15 bits per heavy atom. The SMILES string of the molecule is O/N=C1\CCC=C1N1CCOCC1. The van der Waals surface area contributed by atoms with Crippen LogP contribution in [0, 0.1) is 0 Å². The van der Waals surface area contributed by atoms with E-state index in [2.05, 4.69) is 16.1 Å². The van der Waals surface area contributed by atoms with Crippen molar-refractivity contribution >= 4 is 5.71 Å². The Morgan fingerprint density at radius 1 is 1.38 bits per heavy atom. The first-order valence-corrected chi connectivity index (χ1v) is 4.66. The number of hydrogen-bond donors (Lipinski definition) is 1. The molecular weight excluding hydrogens is 168 g/mol. The van der Waals surface area contributed by atoms with Crippen molar-refractivity contribution in [2.24, 2.45) is 5.16 Å². The minimum atomic E-state index is 0.774. The first kappa shape index (κ1) is 8.56. The Labute approximate surface area is 77.5 Å². The molecule has 0 bridgehead atoms. The van der Waals surface area contributed by atoms with Gasteiger partial charge in [-0.1, -0.05) is 11.2 Å². The molecule has 1 saturated heterocycles. The lowest BCUT2D eigenvalue weighted by Crippen LogP contribution is -2.37. The van der Waals surface area contributed by atoms with E-state index in [0.29, 0.717) is 0 Å². The summed E-state index contributed by atoms with van der Waals surface area (Å²) in [5, 5.41) is 12.1. The second kappa shape index (κ2) is 3.79. The topological polar surface area (TPSA) is 45.1 Å². The molecule has 13 heavy (non-hydrogen) atoms. The second-order valence-corrected chi connectivity index (χ2v) is 3.27. The summed E-state index contributed by atoms with van der Waals surface area (Å²) < 4.78 is 5.26. The van der Waals surface area contributed by atoms with Crippen molar-refractivity contribution in [3.05, 3.63) is 11.8 Å². The van der Waals surface area contributed by atoms with Crippen LogP contribution in [0.3, 0.4) is 0 Å². The first-order chi connectivity index (χ1) is 6.42. The van der Waals surface area contributed by atoms with E-state index < -0.39 is 0 Å². The minimum absolute atomic E-state index is 0.774. The van der Waals surface area contributed by atoms with Crippen LogP contribution in [0.15, 0.2) is 16.9 Å². The Morgan fingerprint density at radius 3 is 2.85 bits per heavy atom. The highest BCUT2D eigenvalue weighted by Gasteiger charge is 2.21. The molecule has 0 atom stereocenters. The molecule has 2 rings (SSSR count). The van der Waals surface area contributed by atoms with Crippen molar-refractivity contribution in [1.29, 1.82) is 0 Å². The van der Waals surface area contributed by atoms with Crippen LogP contribution in [0.5, 0.6) is 0 Å². The smallest absolute Gasteiger partial charge is 0.103 e. The van der Waals surface area contributed by atoms with E-state index >= 15 is 0 Å². The van der Waals surface area contributed by atoms with Crippen LogP contribution in [0.25, 0.3) is 0 Å². The van der Waals surface area contributed by atoms with Gasteiger partial charge in [0.2, 0.25) is 0 Å². The zero-order valence-corrected chi connectivity index (χ0v) is 7.57. The van der Waals surface area contributed by atoms with Gasteiger partial charge in [-0.2, -0.15) is 0 Å². The molecule has 0 unspecified atom stereocenters. The number of hydrogen-bond acceptors (Lipinski definition) is 4. The predicted octanol–water partition coefficient (Wildman–Crippen LogP) is 0.827. The molecule has 1 fully saturated rings. The van der Waals surface area contributed by atoms with Gasteiger partial charge in [0, 0.05) is 13.1 Å². The Kier molecular flexibility index (Phi) is 2.49. The number of oxime groups is 1. The molecular formula is C9H14N2O2.